The zero-order chi connectivity index (χ0) is 21.0. The Hall–Kier alpha value is 0.937. The number of hydrogen-bond donors (Lipinski definition) is 0. The molecule has 0 heterocycles. The first-order chi connectivity index (χ1) is 11.7. The van der Waals surface area contributed by atoms with Gasteiger partial charge in [0.1, 0.15) is 0 Å². The van der Waals surface area contributed by atoms with Crippen molar-refractivity contribution in [2.24, 2.45) is 5.41 Å². The zero-order valence-electron chi connectivity index (χ0n) is 20.0. The molecule has 27 heavy (non-hydrogen) atoms. The molecule has 2 aliphatic rings. The van der Waals surface area contributed by atoms with Gasteiger partial charge in [-0.1, -0.05) is 90.0 Å². The predicted octanol–water partition coefficient (Wildman–Crippen LogP) is 7.57. The Balaban J connectivity index is 0. The van der Waals surface area contributed by atoms with E-state index in [4.69, 9.17) is 6.42 Å². The third-order valence-corrected chi connectivity index (χ3v) is 6.00. The number of hydrogen-bond acceptors (Lipinski definition) is 0. The average molecular weight is 492 g/mol. The van der Waals surface area contributed by atoms with E-state index in [2.05, 4.69) is 75.2 Å². The van der Waals surface area contributed by atoms with E-state index in [-0.39, 0.29) is 47.2 Å². The van der Waals surface area contributed by atoms with Crippen molar-refractivity contribution in [1.82, 2.24) is 0 Å². The summed E-state index contributed by atoms with van der Waals surface area (Å²) in [6.07, 6.45) is 6.60. The van der Waals surface area contributed by atoms with Crippen molar-refractivity contribution in [2.45, 2.75) is 90.0 Å². The Morgan fingerprint density at radius 1 is 0.444 bits per heavy atom. The summed E-state index contributed by atoms with van der Waals surface area (Å²) in [7, 11) is 0. The summed E-state index contributed by atoms with van der Waals surface area (Å²) < 4.78 is 0. The second kappa shape index (κ2) is 12.6. The topological polar surface area (TPSA) is 0 Å². The zero-order valence-corrected chi connectivity index (χ0v) is 23.1. The van der Waals surface area contributed by atoms with E-state index >= 15 is 0 Å². The van der Waals surface area contributed by atoms with E-state index in [1.165, 1.54) is 59.2 Å². The van der Waals surface area contributed by atoms with E-state index in [0.717, 1.165) is 0 Å². The minimum atomic E-state index is -0.0417. The maximum Gasteiger partial charge on any atom is 0 e. The van der Waals surface area contributed by atoms with Crippen LogP contribution in [0.2, 0.25) is 0 Å². The van der Waals surface area contributed by atoms with Gasteiger partial charge in [0.2, 0.25) is 0 Å². The van der Waals surface area contributed by atoms with Gasteiger partial charge in [-0.15, -0.1) is 0 Å². The van der Waals surface area contributed by atoms with Gasteiger partial charge in [-0.05, 0) is 64.6 Å². The molecule has 0 unspecified atom stereocenters. The second-order valence-corrected chi connectivity index (χ2v) is 8.62. The van der Waals surface area contributed by atoms with Crippen molar-refractivity contribution in [2.75, 3.05) is 0 Å². The quantitative estimate of drug-likeness (QED) is 0.242. The molecule has 1 heteroatoms. The molecule has 0 aromatic heterocycles. The molecule has 10 radical (unpaired) electrons. The van der Waals surface area contributed by atoms with Crippen LogP contribution >= 0.6 is 0 Å². The minimum Gasteiger partial charge on any atom is -0.693 e. The summed E-state index contributed by atoms with van der Waals surface area (Å²) in [6, 6.07) is 0. The third kappa shape index (κ3) is 8.68. The molecular weight excluding hydrogens is 452 g/mol. The minimum absolute atomic E-state index is 0. The molecule has 0 atom stereocenters. The molecule has 2 aliphatic carbocycles. The average Bonchev–Trinajstić information content (AvgIpc) is 2.86. The van der Waals surface area contributed by atoms with E-state index in [9.17, 15) is 0 Å². The van der Waals surface area contributed by atoms with Crippen LogP contribution in [0.1, 0.15) is 90.0 Å². The fourth-order valence-corrected chi connectivity index (χ4v) is 2.81. The smallest absolute Gasteiger partial charge is 0 e. The van der Waals surface area contributed by atoms with E-state index in [0.29, 0.717) is 0 Å². The molecule has 0 aliphatic heterocycles. The van der Waals surface area contributed by atoms with Crippen LogP contribution in [0, 0.1) is 119 Å². The molecule has 0 aromatic carbocycles. The molecule has 2 fully saturated rings. The Labute approximate surface area is 207 Å². The van der Waals surface area contributed by atoms with Crippen LogP contribution in [0.15, 0.2) is 0 Å². The van der Waals surface area contributed by atoms with Gasteiger partial charge in [0, 0.05) is 41.7 Å². The predicted molar refractivity (Wildman–Crippen MR) is 116 cm³/mol. The summed E-state index contributed by atoms with van der Waals surface area (Å²) in [5.74, 6) is 17.0. The van der Waals surface area contributed by atoms with Crippen LogP contribution in [0.5, 0.6) is 0 Å². The van der Waals surface area contributed by atoms with Gasteiger partial charge in [-0.2, -0.15) is 0 Å². The van der Waals surface area contributed by atoms with Crippen LogP contribution in [-0.4, -0.2) is 0 Å². The molecule has 0 aromatic rings. The van der Waals surface area contributed by atoms with Crippen LogP contribution in [0.3, 0.4) is 0 Å². The van der Waals surface area contributed by atoms with Crippen molar-refractivity contribution in [3.05, 3.63) is 65.6 Å². The van der Waals surface area contributed by atoms with Crippen molar-refractivity contribution in [1.29, 1.82) is 0 Å². The normalized spacial score (nSPS) is 23.4. The van der Waals surface area contributed by atoms with Gasteiger partial charge in [-0.3, -0.25) is 0 Å². The summed E-state index contributed by atoms with van der Waals surface area (Å²) >= 11 is 0. The van der Waals surface area contributed by atoms with Crippen LogP contribution in [-0.2, 0) is 0 Å². The largest absolute Gasteiger partial charge is 0.693 e. The summed E-state index contributed by atoms with van der Waals surface area (Å²) in [6.45, 7) is 27.8. The van der Waals surface area contributed by atoms with E-state index in [1.807, 2.05) is 20.8 Å². The van der Waals surface area contributed by atoms with E-state index in [1.54, 1.807) is 0 Å². The first-order valence-electron chi connectivity index (χ1n) is 9.50. The van der Waals surface area contributed by atoms with Crippen LogP contribution in [0.25, 0.3) is 0 Å². The molecule has 0 bridgehead atoms. The first kappa shape index (κ1) is 30.1. The summed E-state index contributed by atoms with van der Waals surface area (Å²) in [5.41, 5.74) is -0.0417. The Bertz CT molecular complexity index is 320. The summed E-state index contributed by atoms with van der Waals surface area (Å²) in [4.78, 5) is 0. The van der Waals surface area contributed by atoms with Crippen molar-refractivity contribution < 1.29 is 41.7 Å². The monoisotopic (exact) mass is 491 g/mol. The third-order valence-electron chi connectivity index (χ3n) is 6.00. The molecule has 0 N–H and O–H groups in total. The van der Waals surface area contributed by atoms with Crippen molar-refractivity contribution in [3.63, 3.8) is 0 Å². The maximum absolute atomic E-state index is 6.60. The first-order valence-corrected chi connectivity index (χ1v) is 9.50. The van der Waals surface area contributed by atoms with Gasteiger partial charge in [-0.25, -0.2) is 0 Å². The Morgan fingerprint density at radius 2 is 0.519 bits per heavy atom. The molecule has 2 rings (SSSR count). The molecule has 2 saturated carbocycles. The summed E-state index contributed by atoms with van der Waals surface area (Å²) in [5, 5.41) is 0. The van der Waals surface area contributed by atoms with Gasteiger partial charge >= 0.3 is 0 Å². The van der Waals surface area contributed by atoms with Gasteiger partial charge < -0.3 is 12.3 Å². The Morgan fingerprint density at radius 3 is 0.556 bits per heavy atom. The molecule has 0 nitrogen and oxygen atoms in total. The molecule has 0 spiro atoms. The molecule has 0 amide bonds. The Kier molecular flexibility index (Phi) is 14.1. The maximum atomic E-state index is 6.60. The van der Waals surface area contributed by atoms with Crippen LogP contribution < -0.4 is 0 Å². The standard InChI is InChI=1S/2C10H15.C6H9.Ce/c2*1-6-7(2)9(4)10(5)8(6)3;1-5-6(2,3)4;/h2*1-5H3;2-4H3;/q;;-1;. The van der Waals surface area contributed by atoms with E-state index < -0.39 is 0 Å². The van der Waals surface area contributed by atoms with Crippen LogP contribution in [0.4, 0.5) is 0 Å². The molecular formula is C26H39Ce-. The molecule has 148 valence electrons. The fraction of sp³-hybridized carbons (Fsp3) is 0.538. The van der Waals surface area contributed by atoms with Crippen molar-refractivity contribution in [3.8, 4) is 5.92 Å². The second-order valence-electron chi connectivity index (χ2n) is 8.62. The fourth-order valence-electron chi connectivity index (χ4n) is 2.81. The SMILES string of the molecule is C[C]1[C](C)[C](C)[C](C)[C]1C.C[C]1[C](C)[C](C)[C](C)[C]1C.[C-]#CC(C)(C)C.[Ce]. The molecule has 0 saturated heterocycles. The van der Waals surface area contributed by atoms with Gasteiger partial charge in [0.25, 0.3) is 0 Å². The van der Waals surface area contributed by atoms with Gasteiger partial charge in [0.15, 0.2) is 0 Å². The van der Waals surface area contributed by atoms with Gasteiger partial charge in [0.05, 0.1) is 0 Å². The van der Waals surface area contributed by atoms with Crippen molar-refractivity contribution >= 4 is 0 Å². The number of rotatable bonds is 0.